The number of benzene rings is 1. The minimum atomic E-state index is 0.157. The predicted octanol–water partition coefficient (Wildman–Crippen LogP) is 1.95. The Morgan fingerprint density at radius 1 is 1.50 bits per heavy atom. The van der Waals surface area contributed by atoms with E-state index in [9.17, 15) is 5.11 Å². The van der Waals surface area contributed by atoms with Crippen LogP contribution in [-0.2, 0) is 5.41 Å². The van der Waals surface area contributed by atoms with Crippen LogP contribution in [-0.4, -0.2) is 36.2 Å². The third kappa shape index (κ3) is 2.52. The van der Waals surface area contributed by atoms with Crippen molar-refractivity contribution in [3.63, 3.8) is 0 Å². The van der Waals surface area contributed by atoms with Gasteiger partial charge >= 0.3 is 0 Å². The van der Waals surface area contributed by atoms with Gasteiger partial charge in [0.25, 0.3) is 0 Å². The lowest BCUT2D eigenvalue weighted by molar-refractivity contribution is 0.114. The van der Waals surface area contributed by atoms with E-state index < -0.39 is 0 Å². The van der Waals surface area contributed by atoms with Crippen LogP contribution >= 0.6 is 0 Å². The molecule has 3 heteroatoms. The summed E-state index contributed by atoms with van der Waals surface area (Å²) in [4.78, 5) is 2.44. The average Bonchev–Trinajstić information content (AvgIpc) is 2.34. The van der Waals surface area contributed by atoms with E-state index in [2.05, 4.69) is 24.8 Å². The van der Waals surface area contributed by atoms with Crippen molar-refractivity contribution in [1.29, 1.82) is 0 Å². The largest absolute Gasteiger partial charge is 0.508 e. The summed E-state index contributed by atoms with van der Waals surface area (Å²) in [6.45, 7) is 8.51. The van der Waals surface area contributed by atoms with Gasteiger partial charge in [0.2, 0.25) is 0 Å². The van der Waals surface area contributed by atoms with Gasteiger partial charge in [-0.05, 0) is 42.0 Å². The first-order valence-corrected chi connectivity index (χ1v) is 6.78. The monoisotopic (exact) mass is 248 g/mol. The van der Waals surface area contributed by atoms with Gasteiger partial charge in [0.15, 0.2) is 0 Å². The van der Waals surface area contributed by atoms with Gasteiger partial charge in [-0.1, -0.05) is 26.0 Å². The minimum Gasteiger partial charge on any atom is -0.508 e. The second kappa shape index (κ2) is 5.29. The van der Waals surface area contributed by atoms with Gasteiger partial charge in [-0.15, -0.1) is 0 Å². The molecule has 1 heterocycles. The molecule has 2 rings (SSSR count). The second-order valence-corrected chi connectivity index (χ2v) is 5.71. The Hall–Kier alpha value is -1.06. The quantitative estimate of drug-likeness (QED) is 0.859. The Morgan fingerprint density at radius 3 is 2.89 bits per heavy atom. The van der Waals surface area contributed by atoms with E-state index in [-0.39, 0.29) is 5.41 Å². The lowest BCUT2D eigenvalue weighted by atomic mass is 9.68. The number of phenolic OH excluding ortho intramolecular Hbond substituents is 1. The molecule has 0 aliphatic carbocycles. The molecule has 2 atom stereocenters. The smallest absolute Gasteiger partial charge is 0.115 e. The SMILES string of the molecule is CC1CN(CCN)CCC1(C)c1cccc(O)c1. The molecule has 1 saturated heterocycles. The van der Waals surface area contributed by atoms with Gasteiger partial charge in [-0.2, -0.15) is 0 Å². The summed E-state index contributed by atoms with van der Waals surface area (Å²) in [5.41, 5.74) is 7.04. The van der Waals surface area contributed by atoms with Crippen LogP contribution in [0.5, 0.6) is 5.75 Å². The van der Waals surface area contributed by atoms with Crippen LogP contribution in [0.1, 0.15) is 25.8 Å². The van der Waals surface area contributed by atoms with E-state index in [0.29, 0.717) is 11.7 Å². The Bertz CT molecular complexity index is 407. The summed E-state index contributed by atoms with van der Waals surface area (Å²) in [5, 5.41) is 9.65. The summed E-state index contributed by atoms with van der Waals surface area (Å²) < 4.78 is 0. The highest BCUT2D eigenvalue weighted by atomic mass is 16.3. The zero-order valence-electron chi connectivity index (χ0n) is 11.4. The van der Waals surface area contributed by atoms with Crippen molar-refractivity contribution >= 4 is 0 Å². The lowest BCUT2D eigenvalue weighted by Crippen LogP contribution is -2.48. The van der Waals surface area contributed by atoms with E-state index in [1.54, 1.807) is 6.07 Å². The Kier molecular flexibility index (Phi) is 3.93. The number of nitrogens with two attached hydrogens (primary N) is 1. The number of hydrogen-bond donors (Lipinski definition) is 2. The van der Waals surface area contributed by atoms with E-state index >= 15 is 0 Å². The molecule has 0 amide bonds. The molecule has 0 spiro atoms. The first-order valence-electron chi connectivity index (χ1n) is 6.78. The molecule has 0 bridgehead atoms. The number of nitrogens with zero attached hydrogens (tertiary/aromatic N) is 1. The van der Waals surface area contributed by atoms with E-state index in [0.717, 1.165) is 32.6 Å². The van der Waals surface area contributed by atoms with Crippen molar-refractivity contribution in [3.8, 4) is 5.75 Å². The van der Waals surface area contributed by atoms with E-state index in [4.69, 9.17) is 5.73 Å². The molecule has 1 aliphatic heterocycles. The van der Waals surface area contributed by atoms with Gasteiger partial charge in [0.1, 0.15) is 5.75 Å². The molecular formula is C15H24N2O. The maximum atomic E-state index is 9.65. The third-order valence-corrected chi connectivity index (χ3v) is 4.52. The van der Waals surface area contributed by atoms with Gasteiger partial charge < -0.3 is 15.7 Å². The van der Waals surface area contributed by atoms with Crippen molar-refractivity contribution < 1.29 is 5.11 Å². The van der Waals surface area contributed by atoms with Crippen LogP contribution in [0, 0.1) is 5.92 Å². The predicted molar refractivity (Wildman–Crippen MR) is 74.7 cm³/mol. The fourth-order valence-corrected chi connectivity index (χ4v) is 2.99. The third-order valence-electron chi connectivity index (χ3n) is 4.52. The van der Waals surface area contributed by atoms with Crippen LogP contribution in [0.3, 0.4) is 0 Å². The fraction of sp³-hybridized carbons (Fsp3) is 0.600. The van der Waals surface area contributed by atoms with E-state index in [1.165, 1.54) is 5.56 Å². The van der Waals surface area contributed by atoms with Crippen molar-refractivity contribution in [1.82, 2.24) is 4.90 Å². The van der Waals surface area contributed by atoms with Crippen LogP contribution < -0.4 is 5.73 Å². The second-order valence-electron chi connectivity index (χ2n) is 5.71. The molecule has 18 heavy (non-hydrogen) atoms. The van der Waals surface area contributed by atoms with Gasteiger partial charge in [-0.25, -0.2) is 0 Å². The highest BCUT2D eigenvalue weighted by Gasteiger charge is 2.37. The molecule has 1 aromatic rings. The zero-order chi connectivity index (χ0) is 13.2. The van der Waals surface area contributed by atoms with E-state index in [1.807, 2.05) is 12.1 Å². The number of phenols is 1. The Morgan fingerprint density at radius 2 is 2.28 bits per heavy atom. The first kappa shape index (κ1) is 13.4. The van der Waals surface area contributed by atoms with Crippen LogP contribution in [0.4, 0.5) is 0 Å². The Labute approximate surface area is 110 Å². The van der Waals surface area contributed by atoms with Crippen molar-refractivity contribution in [2.45, 2.75) is 25.7 Å². The normalized spacial score (nSPS) is 29.4. The number of piperidine rings is 1. The summed E-state index contributed by atoms with van der Waals surface area (Å²) in [6.07, 6.45) is 1.12. The Balaban J connectivity index is 2.17. The van der Waals surface area contributed by atoms with Gasteiger partial charge in [0, 0.05) is 19.6 Å². The average molecular weight is 248 g/mol. The molecule has 0 radical (unpaired) electrons. The number of rotatable bonds is 3. The van der Waals surface area contributed by atoms with Crippen molar-refractivity contribution in [2.24, 2.45) is 11.7 Å². The summed E-state index contributed by atoms with van der Waals surface area (Å²) in [5.74, 6) is 0.935. The summed E-state index contributed by atoms with van der Waals surface area (Å²) in [6, 6.07) is 7.72. The summed E-state index contributed by atoms with van der Waals surface area (Å²) >= 11 is 0. The fourth-order valence-electron chi connectivity index (χ4n) is 2.99. The molecular weight excluding hydrogens is 224 g/mol. The lowest BCUT2D eigenvalue weighted by Gasteiger charge is -2.45. The minimum absolute atomic E-state index is 0.157. The number of likely N-dealkylation sites (tertiary alicyclic amines) is 1. The molecule has 1 fully saturated rings. The van der Waals surface area contributed by atoms with Crippen LogP contribution in [0.25, 0.3) is 0 Å². The maximum absolute atomic E-state index is 9.65. The molecule has 0 saturated carbocycles. The molecule has 100 valence electrons. The van der Waals surface area contributed by atoms with Crippen LogP contribution in [0.2, 0.25) is 0 Å². The number of aromatic hydroxyl groups is 1. The van der Waals surface area contributed by atoms with Gasteiger partial charge in [-0.3, -0.25) is 0 Å². The number of hydrogen-bond acceptors (Lipinski definition) is 3. The standard InChI is InChI=1S/C15H24N2O/c1-12-11-17(9-7-16)8-6-15(12,2)13-4-3-5-14(18)10-13/h3-5,10,12,18H,6-9,11,16H2,1-2H3. The van der Waals surface area contributed by atoms with Gasteiger partial charge in [0.05, 0.1) is 0 Å². The highest BCUT2D eigenvalue weighted by Crippen LogP contribution is 2.40. The topological polar surface area (TPSA) is 49.5 Å². The molecule has 3 N–H and O–H groups in total. The molecule has 0 aromatic heterocycles. The highest BCUT2D eigenvalue weighted by molar-refractivity contribution is 5.33. The molecule has 3 nitrogen and oxygen atoms in total. The van der Waals surface area contributed by atoms with Crippen molar-refractivity contribution in [3.05, 3.63) is 29.8 Å². The molecule has 1 aliphatic rings. The zero-order valence-corrected chi connectivity index (χ0v) is 11.4. The first-order chi connectivity index (χ1) is 8.56. The molecule has 1 aromatic carbocycles. The van der Waals surface area contributed by atoms with Crippen molar-refractivity contribution in [2.75, 3.05) is 26.2 Å². The maximum Gasteiger partial charge on any atom is 0.115 e. The summed E-state index contributed by atoms with van der Waals surface area (Å²) in [7, 11) is 0. The molecule has 2 unspecified atom stereocenters. The van der Waals surface area contributed by atoms with Crippen LogP contribution in [0.15, 0.2) is 24.3 Å².